The zero-order valence-electron chi connectivity index (χ0n) is 11.3. The average molecular weight is 250 g/mol. The summed E-state index contributed by atoms with van der Waals surface area (Å²) >= 11 is 0. The maximum Gasteiger partial charge on any atom is 0.228 e. The molecule has 1 aromatic heterocycles. The minimum absolute atomic E-state index is 0.0881. The molecule has 0 spiro atoms. The number of hydrogen-bond donors (Lipinski definition) is 3. The number of aromatic nitrogens is 2. The Morgan fingerprint density at radius 1 is 1.56 bits per heavy atom. The van der Waals surface area contributed by atoms with Gasteiger partial charge in [0.1, 0.15) is 0 Å². The van der Waals surface area contributed by atoms with Gasteiger partial charge in [-0.05, 0) is 32.2 Å². The second-order valence-electron chi connectivity index (χ2n) is 5.43. The molecule has 0 aromatic carbocycles. The van der Waals surface area contributed by atoms with Gasteiger partial charge < -0.3 is 10.6 Å². The maximum absolute atomic E-state index is 12.1. The Labute approximate surface area is 108 Å². The van der Waals surface area contributed by atoms with Gasteiger partial charge in [0, 0.05) is 23.7 Å². The SMILES string of the molecule is CC1CC(C(=O)Nc2cc(C(C)C)[nH]n2)CCN1. The summed E-state index contributed by atoms with van der Waals surface area (Å²) in [6, 6.07) is 2.33. The van der Waals surface area contributed by atoms with Gasteiger partial charge in [-0.3, -0.25) is 9.89 Å². The van der Waals surface area contributed by atoms with Crippen LogP contribution in [0.3, 0.4) is 0 Å². The monoisotopic (exact) mass is 250 g/mol. The van der Waals surface area contributed by atoms with Crippen LogP contribution in [0.2, 0.25) is 0 Å². The molecule has 2 atom stereocenters. The molecule has 1 aliphatic rings. The van der Waals surface area contributed by atoms with Crippen LogP contribution in [0, 0.1) is 5.92 Å². The molecule has 0 saturated carbocycles. The summed E-state index contributed by atoms with van der Waals surface area (Å²) < 4.78 is 0. The van der Waals surface area contributed by atoms with Crippen molar-refractivity contribution in [2.75, 3.05) is 11.9 Å². The van der Waals surface area contributed by atoms with Crippen LogP contribution in [0.4, 0.5) is 5.82 Å². The maximum atomic E-state index is 12.1. The number of nitrogens with zero attached hydrogens (tertiary/aromatic N) is 1. The Morgan fingerprint density at radius 3 is 2.94 bits per heavy atom. The van der Waals surface area contributed by atoms with E-state index in [1.807, 2.05) is 6.07 Å². The molecule has 3 N–H and O–H groups in total. The van der Waals surface area contributed by atoms with Crippen molar-refractivity contribution < 1.29 is 4.79 Å². The fraction of sp³-hybridized carbons (Fsp3) is 0.692. The lowest BCUT2D eigenvalue weighted by atomic mass is 9.92. The number of H-pyrrole nitrogens is 1. The molecule has 1 aromatic rings. The van der Waals surface area contributed by atoms with Gasteiger partial charge in [-0.15, -0.1) is 0 Å². The Bertz CT molecular complexity index is 413. The smallest absolute Gasteiger partial charge is 0.228 e. The van der Waals surface area contributed by atoms with Gasteiger partial charge in [-0.25, -0.2) is 0 Å². The molecule has 100 valence electrons. The van der Waals surface area contributed by atoms with E-state index in [0.29, 0.717) is 17.8 Å². The third kappa shape index (κ3) is 3.10. The number of hydrogen-bond acceptors (Lipinski definition) is 3. The van der Waals surface area contributed by atoms with Crippen molar-refractivity contribution in [2.24, 2.45) is 5.92 Å². The lowest BCUT2D eigenvalue weighted by Crippen LogP contribution is -2.40. The van der Waals surface area contributed by atoms with Gasteiger partial charge in [0.05, 0.1) is 0 Å². The first-order valence-corrected chi connectivity index (χ1v) is 6.66. The molecule has 5 nitrogen and oxygen atoms in total. The van der Waals surface area contributed by atoms with Crippen molar-refractivity contribution in [1.29, 1.82) is 0 Å². The Balaban J connectivity index is 1.93. The van der Waals surface area contributed by atoms with E-state index in [9.17, 15) is 4.79 Å². The molecule has 2 heterocycles. The molecular weight excluding hydrogens is 228 g/mol. The quantitative estimate of drug-likeness (QED) is 0.767. The number of nitrogens with one attached hydrogen (secondary N) is 3. The predicted molar refractivity (Wildman–Crippen MR) is 71.5 cm³/mol. The normalized spacial score (nSPS) is 24.2. The lowest BCUT2D eigenvalue weighted by molar-refractivity contribution is -0.120. The summed E-state index contributed by atoms with van der Waals surface area (Å²) in [6.45, 7) is 7.21. The molecule has 5 heteroatoms. The highest BCUT2D eigenvalue weighted by molar-refractivity contribution is 5.91. The second-order valence-corrected chi connectivity index (χ2v) is 5.43. The molecule has 18 heavy (non-hydrogen) atoms. The zero-order chi connectivity index (χ0) is 13.1. The predicted octanol–water partition coefficient (Wildman–Crippen LogP) is 1.86. The van der Waals surface area contributed by atoms with Crippen molar-refractivity contribution in [3.05, 3.63) is 11.8 Å². The fourth-order valence-corrected chi connectivity index (χ4v) is 2.29. The highest BCUT2D eigenvalue weighted by atomic mass is 16.2. The van der Waals surface area contributed by atoms with E-state index in [1.165, 1.54) is 0 Å². The summed E-state index contributed by atoms with van der Waals surface area (Å²) in [5.41, 5.74) is 1.05. The van der Waals surface area contributed by atoms with Crippen LogP contribution in [0.15, 0.2) is 6.07 Å². The summed E-state index contributed by atoms with van der Waals surface area (Å²) in [6.07, 6.45) is 1.80. The highest BCUT2D eigenvalue weighted by Crippen LogP contribution is 2.19. The first-order valence-electron chi connectivity index (χ1n) is 6.66. The summed E-state index contributed by atoms with van der Waals surface area (Å²) in [7, 11) is 0. The third-order valence-electron chi connectivity index (χ3n) is 3.47. The van der Waals surface area contributed by atoms with Crippen LogP contribution in [-0.2, 0) is 4.79 Å². The highest BCUT2D eigenvalue weighted by Gasteiger charge is 2.25. The lowest BCUT2D eigenvalue weighted by Gasteiger charge is -2.26. The molecule has 1 amide bonds. The summed E-state index contributed by atoms with van der Waals surface area (Å²) in [4.78, 5) is 12.1. The summed E-state index contributed by atoms with van der Waals surface area (Å²) in [5, 5.41) is 13.3. The van der Waals surface area contributed by atoms with E-state index in [4.69, 9.17) is 0 Å². The zero-order valence-corrected chi connectivity index (χ0v) is 11.3. The fourth-order valence-electron chi connectivity index (χ4n) is 2.29. The Morgan fingerprint density at radius 2 is 2.33 bits per heavy atom. The van der Waals surface area contributed by atoms with Gasteiger partial charge in [0.2, 0.25) is 5.91 Å². The average Bonchev–Trinajstić information content (AvgIpc) is 2.77. The number of carbonyl (C=O) groups excluding carboxylic acids is 1. The van der Waals surface area contributed by atoms with Gasteiger partial charge in [0.15, 0.2) is 5.82 Å². The largest absolute Gasteiger partial charge is 0.314 e. The molecular formula is C13H22N4O. The molecule has 2 unspecified atom stereocenters. The van der Waals surface area contributed by atoms with Gasteiger partial charge >= 0.3 is 0 Å². The Hall–Kier alpha value is -1.36. The molecule has 0 aliphatic carbocycles. The van der Waals surface area contributed by atoms with Crippen LogP contribution in [0.1, 0.15) is 45.2 Å². The first kappa shape index (κ1) is 13.1. The molecule has 1 fully saturated rings. The van der Waals surface area contributed by atoms with Crippen LogP contribution in [0.25, 0.3) is 0 Å². The third-order valence-corrected chi connectivity index (χ3v) is 3.47. The molecule has 1 aliphatic heterocycles. The van der Waals surface area contributed by atoms with Crippen LogP contribution in [0.5, 0.6) is 0 Å². The van der Waals surface area contributed by atoms with Crippen LogP contribution >= 0.6 is 0 Å². The van der Waals surface area contributed by atoms with E-state index in [0.717, 1.165) is 25.1 Å². The topological polar surface area (TPSA) is 69.8 Å². The minimum atomic E-state index is 0.0881. The van der Waals surface area contributed by atoms with Crippen molar-refractivity contribution in [3.8, 4) is 0 Å². The number of piperidine rings is 1. The van der Waals surface area contributed by atoms with E-state index in [2.05, 4.69) is 41.6 Å². The van der Waals surface area contributed by atoms with Gasteiger partial charge in [0.25, 0.3) is 0 Å². The van der Waals surface area contributed by atoms with E-state index in [-0.39, 0.29) is 11.8 Å². The molecule has 1 saturated heterocycles. The van der Waals surface area contributed by atoms with Crippen LogP contribution < -0.4 is 10.6 Å². The van der Waals surface area contributed by atoms with Crippen LogP contribution in [-0.4, -0.2) is 28.7 Å². The van der Waals surface area contributed by atoms with Crippen molar-refractivity contribution in [1.82, 2.24) is 15.5 Å². The minimum Gasteiger partial charge on any atom is -0.314 e. The molecule has 0 radical (unpaired) electrons. The number of amides is 1. The van der Waals surface area contributed by atoms with E-state index >= 15 is 0 Å². The number of carbonyl (C=O) groups is 1. The standard InChI is InChI=1S/C13H22N4O/c1-8(2)11-7-12(17-16-11)15-13(18)10-4-5-14-9(3)6-10/h7-10,14H,4-6H2,1-3H3,(H2,15,16,17,18). The van der Waals surface area contributed by atoms with Gasteiger partial charge in [-0.2, -0.15) is 5.10 Å². The van der Waals surface area contributed by atoms with Crippen molar-refractivity contribution in [2.45, 2.75) is 45.6 Å². The van der Waals surface area contributed by atoms with E-state index in [1.54, 1.807) is 0 Å². The molecule has 0 bridgehead atoms. The van der Waals surface area contributed by atoms with E-state index < -0.39 is 0 Å². The first-order chi connectivity index (χ1) is 8.56. The number of anilines is 1. The number of rotatable bonds is 3. The summed E-state index contributed by atoms with van der Waals surface area (Å²) in [5.74, 6) is 1.21. The number of aromatic amines is 1. The van der Waals surface area contributed by atoms with Gasteiger partial charge in [-0.1, -0.05) is 13.8 Å². The second kappa shape index (κ2) is 5.52. The van der Waals surface area contributed by atoms with Crippen molar-refractivity contribution in [3.63, 3.8) is 0 Å². The van der Waals surface area contributed by atoms with Crippen molar-refractivity contribution >= 4 is 11.7 Å². The Kier molecular flexibility index (Phi) is 4.01. The molecule has 2 rings (SSSR count).